The minimum absolute atomic E-state index is 0.532. The van der Waals surface area contributed by atoms with Gasteiger partial charge in [-0.05, 0) is 38.1 Å². The number of aromatic nitrogens is 1. The van der Waals surface area contributed by atoms with Gasteiger partial charge in [0.1, 0.15) is 0 Å². The van der Waals surface area contributed by atoms with E-state index >= 15 is 0 Å². The standard InChI is InChI=1S/C11H12N/c1-9(2)12-8-7-10-5-3-4-6-11(10)12/h4-9H,1-2H3. The first kappa shape index (κ1) is 7.41. The van der Waals surface area contributed by atoms with Crippen molar-refractivity contribution in [2.45, 2.75) is 19.9 Å². The van der Waals surface area contributed by atoms with Gasteiger partial charge in [0.15, 0.2) is 0 Å². The maximum Gasteiger partial charge on any atom is 0.0483 e. The van der Waals surface area contributed by atoms with E-state index in [1.54, 1.807) is 0 Å². The number of benzene rings is 1. The molecule has 12 heavy (non-hydrogen) atoms. The Morgan fingerprint density at radius 1 is 1.33 bits per heavy atom. The number of nitrogens with zero attached hydrogens (tertiary/aromatic N) is 1. The van der Waals surface area contributed by atoms with Crippen LogP contribution in [0.5, 0.6) is 0 Å². The Balaban J connectivity index is 2.70. The molecule has 0 fully saturated rings. The average Bonchev–Trinajstić information content (AvgIpc) is 2.47. The van der Waals surface area contributed by atoms with E-state index in [9.17, 15) is 0 Å². The van der Waals surface area contributed by atoms with Gasteiger partial charge in [-0.25, -0.2) is 0 Å². The maximum absolute atomic E-state index is 3.07. The van der Waals surface area contributed by atoms with Crippen molar-refractivity contribution < 1.29 is 0 Å². The minimum Gasteiger partial charge on any atom is -0.345 e. The third-order valence-electron chi connectivity index (χ3n) is 2.12. The molecule has 0 amide bonds. The summed E-state index contributed by atoms with van der Waals surface area (Å²) < 4.78 is 2.27. The quantitative estimate of drug-likeness (QED) is 0.601. The van der Waals surface area contributed by atoms with Crippen molar-refractivity contribution in [1.82, 2.24) is 4.57 Å². The van der Waals surface area contributed by atoms with Gasteiger partial charge in [-0.3, -0.25) is 0 Å². The molecule has 61 valence electrons. The largest absolute Gasteiger partial charge is 0.345 e. The highest BCUT2D eigenvalue weighted by Crippen LogP contribution is 2.18. The van der Waals surface area contributed by atoms with E-state index in [2.05, 4.69) is 42.8 Å². The summed E-state index contributed by atoms with van der Waals surface area (Å²) in [6.45, 7) is 4.38. The number of hydrogen-bond donors (Lipinski definition) is 0. The molecule has 1 heteroatoms. The molecule has 1 heterocycles. The van der Waals surface area contributed by atoms with Crippen LogP contribution in [0.3, 0.4) is 0 Å². The smallest absolute Gasteiger partial charge is 0.0483 e. The summed E-state index contributed by atoms with van der Waals surface area (Å²) in [5, 5.41) is 1.27. The van der Waals surface area contributed by atoms with Crippen molar-refractivity contribution in [3.63, 3.8) is 0 Å². The third-order valence-corrected chi connectivity index (χ3v) is 2.12. The van der Waals surface area contributed by atoms with Crippen molar-refractivity contribution in [3.8, 4) is 0 Å². The van der Waals surface area contributed by atoms with Gasteiger partial charge in [0.2, 0.25) is 0 Å². The predicted molar refractivity (Wildman–Crippen MR) is 51.2 cm³/mol. The van der Waals surface area contributed by atoms with Crippen LogP contribution in [0.4, 0.5) is 0 Å². The van der Waals surface area contributed by atoms with E-state index in [0.29, 0.717) is 6.04 Å². The molecule has 1 nitrogen and oxygen atoms in total. The van der Waals surface area contributed by atoms with E-state index in [4.69, 9.17) is 0 Å². The summed E-state index contributed by atoms with van der Waals surface area (Å²) in [4.78, 5) is 0. The van der Waals surface area contributed by atoms with Crippen LogP contribution in [0.15, 0.2) is 30.5 Å². The van der Waals surface area contributed by atoms with Crippen LogP contribution >= 0.6 is 0 Å². The molecule has 0 aliphatic carbocycles. The van der Waals surface area contributed by atoms with Gasteiger partial charge in [-0.15, -0.1) is 0 Å². The summed E-state index contributed by atoms with van der Waals surface area (Å²) in [5.74, 6) is 0. The van der Waals surface area contributed by atoms with Crippen LogP contribution in [0.2, 0.25) is 0 Å². The van der Waals surface area contributed by atoms with Gasteiger partial charge < -0.3 is 4.57 Å². The Kier molecular flexibility index (Phi) is 1.65. The Labute approximate surface area is 72.6 Å². The molecular weight excluding hydrogens is 146 g/mol. The van der Waals surface area contributed by atoms with Crippen molar-refractivity contribution in [2.75, 3.05) is 0 Å². The van der Waals surface area contributed by atoms with Gasteiger partial charge in [0.25, 0.3) is 0 Å². The Morgan fingerprint density at radius 2 is 2.17 bits per heavy atom. The highest BCUT2D eigenvalue weighted by Gasteiger charge is 2.01. The van der Waals surface area contributed by atoms with Crippen LogP contribution < -0.4 is 0 Å². The average molecular weight is 158 g/mol. The van der Waals surface area contributed by atoms with Crippen LogP contribution in [-0.4, -0.2) is 4.57 Å². The molecule has 0 spiro atoms. The third kappa shape index (κ3) is 1.02. The molecular formula is C11H12N. The lowest BCUT2D eigenvalue weighted by Gasteiger charge is -2.08. The normalized spacial score (nSPS) is 11.2. The van der Waals surface area contributed by atoms with Crippen molar-refractivity contribution in [3.05, 3.63) is 36.5 Å². The molecule has 0 atom stereocenters. The van der Waals surface area contributed by atoms with Gasteiger partial charge in [0, 0.05) is 23.1 Å². The molecule has 0 saturated carbocycles. The second-order valence-corrected chi connectivity index (χ2v) is 3.30. The minimum atomic E-state index is 0.532. The summed E-state index contributed by atoms with van der Waals surface area (Å²) in [7, 11) is 0. The molecule has 0 aliphatic heterocycles. The van der Waals surface area contributed by atoms with Crippen molar-refractivity contribution in [1.29, 1.82) is 0 Å². The van der Waals surface area contributed by atoms with Crippen LogP contribution in [0, 0.1) is 6.07 Å². The molecule has 1 radical (unpaired) electrons. The molecule has 0 N–H and O–H groups in total. The fourth-order valence-electron chi connectivity index (χ4n) is 1.49. The topological polar surface area (TPSA) is 4.93 Å². The number of rotatable bonds is 1. The first-order valence-corrected chi connectivity index (χ1v) is 4.25. The Bertz CT molecular complexity index is 385. The van der Waals surface area contributed by atoms with Crippen LogP contribution in [0.1, 0.15) is 19.9 Å². The fraction of sp³-hybridized carbons (Fsp3) is 0.273. The van der Waals surface area contributed by atoms with Gasteiger partial charge >= 0.3 is 0 Å². The zero-order valence-corrected chi connectivity index (χ0v) is 7.41. The summed E-state index contributed by atoms with van der Waals surface area (Å²) in [6, 6.07) is 11.8. The second kappa shape index (κ2) is 2.67. The first-order valence-electron chi connectivity index (χ1n) is 4.25. The molecule has 2 aromatic rings. The predicted octanol–water partition coefficient (Wildman–Crippen LogP) is 3.02. The van der Waals surface area contributed by atoms with Crippen LogP contribution in [0.25, 0.3) is 10.9 Å². The Morgan fingerprint density at radius 3 is 2.92 bits per heavy atom. The first-order chi connectivity index (χ1) is 5.79. The van der Waals surface area contributed by atoms with E-state index in [0.717, 1.165) is 0 Å². The molecule has 1 aromatic heterocycles. The van der Waals surface area contributed by atoms with Gasteiger partial charge in [-0.2, -0.15) is 0 Å². The van der Waals surface area contributed by atoms with E-state index < -0.39 is 0 Å². The molecule has 2 rings (SSSR count). The Hall–Kier alpha value is -1.24. The molecule has 0 aliphatic rings. The zero-order chi connectivity index (χ0) is 8.55. The molecule has 0 saturated heterocycles. The van der Waals surface area contributed by atoms with Crippen LogP contribution in [-0.2, 0) is 0 Å². The summed E-state index contributed by atoms with van der Waals surface area (Å²) >= 11 is 0. The molecule has 1 aromatic carbocycles. The van der Waals surface area contributed by atoms with E-state index in [1.165, 1.54) is 10.9 Å². The lowest BCUT2D eigenvalue weighted by Crippen LogP contribution is -1.97. The van der Waals surface area contributed by atoms with E-state index in [1.807, 2.05) is 12.1 Å². The molecule has 0 bridgehead atoms. The SMILES string of the molecule is CC(C)n1ccc2c[c]ccc21. The maximum atomic E-state index is 3.07. The zero-order valence-electron chi connectivity index (χ0n) is 7.41. The summed E-state index contributed by atoms with van der Waals surface area (Å²) in [6.07, 6.45) is 2.13. The van der Waals surface area contributed by atoms with Crippen molar-refractivity contribution >= 4 is 10.9 Å². The van der Waals surface area contributed by atoms with Gasteiger partial charge in [-0.1, -0.05) is 6.07 Å². The number of hydrogen-bond acceptors (Lipinski definition) is 0. The fourth-order valence-corrected chi connectivity index (χ4v) is 1.49. The number of fused-ring (bicyclic) bond motifs is 1. The van der Waals surface area contributed by atoms with Crippen molar-refractivity contribution in [2.24, 2.45) is 0 Å². The lowest BCUT2D eigenvalue weighted by molar-refractivity contribution is 0.623. The highest BCUT2D eigenvalue weighted by atomic mass is 15.0. The highest BCUT2D eigenvalue weighted by molar-refractivity contribution is 5.79. The summed E-state index contributed by atoms with van der Waals surface area (Å²) in [5.41, 5.74) is 1.30. The lowest BCUT2D eigenvalue weighted by atomic mass is 10.2. The molecule has 0 unspecified atom stereocenters. The van der Waals surface area contributed by atoms with E-state index in [-0.39, 0.29) is 0 Å². The van der Waals surface area contributed by atoms with Gasteiger partial charge in [0.05, 0.1) is 0 Å². The monoisotopic (exact) mass is 158 g/mol. The second-order valence-electron chi connectivity index (χ2n) is 3.30.